The summed E-state index contributed by atoms with van der Waals surface area (Å²) in [5.74, 6) is 0.776. The minimum absolute atomic E-state index is 0.165. The number of anilines is 1. The van der Waals surface area contributed by atoms with Crippen LogP contribution < -0.4 is 10.1 Å². The maximum atomic E-state index is 11.0. The second-order valence-electron chi connectivity index (χ2n) is 4.12. The lowest BCUT2D eigenvalue weighted by Crippen LogP contribution is -2.08. The van der Waals surface area contributed by atoms with E-state index >= 15 is 0 Å². The first-order valence-corrected chi connectivity index (χ1v) is 5.86. The molecule has 0 fully saturated rings. The molecule has 0 saturated carbocycles. The van der Waals surface area contributed by atoms with Crippen LogP contribution in [0.25, 0.3) is 11.1 Å². The van der Waals surface area contributed by atoms with E-state index in [2.05, 4.69) is 15.3 Å². The lowest BCUT2D eigenvalue weighted by molar-refractivity contribution is -0.114. The number of hydrogen-bond acceptors (Lipinski definition) is 4. The van der Waals surface area contributed by atoms with E-state index in [0.717, 1.165) is 16.8 Å². The Balaban J connectivity index is 2.43. The van der Waals surface area contributed by atoms with Gasteiger partial charge in [-0.15, -0.1) is 0 Å². The highest BCUT2D eigenvalue weighted by Crippen LogP contribution is 2.29. The van der Waals surface area contributed by atoms with Gasteiger partial charge in [0.1, 0.15) is 5.82 Å². The Morgan fingerprint density at radius 3 is 2.74 bits per heavy atom. The lowest BCUT2D eigenvalue weighted by Gasteiger charge is -2.10. The molecule has 2 aromatic rings. The third-order valence-electron chi connectivity index (χ3n) is 2.57. The third-order valence-corrected chi connectivity index (χ3v) is 2.57. The molecular formula is C14H15N3O2. The maximum Gasteiger partial charge on any atom is 0.223 e. The van der Waals surface area contributed by atoms with Crippen molar-refractivity contribution in [2.75, 3.05) is 12.4 Å². The van der Waals surface area contributed by atoms with Gasteiger partial charge in [-0.3, -0.25) is 9.78 Å². The van der Waals surface area contributed by atoms with Gasteiger partial charge in [0.05, 0.1) is 7.11 Å². The summed E-state index contributed by atoms with van der Waals surface area (Å²) in [5, 5.41) is 2.63. The van der Waals surface area contributed by atoms with Crippen molar-refractivity contribution in [1.29, 1.82) is 0 Å². The van der Waals surface area contributed by atoms with Crippen LogP contribution >= 0.6 is 0 Å². The highest BCUT2D eigenvalue weighted by molar-refractivity contribution is 5.88. The van der Waals surface area contributed by atoms with Crippen molar-refractivity contribution in [1.82, 2.24) is 9.97 Å². The van der Waals surface area contributed by atoms with E-state index in [0.29, 0.717) is 11.7 Å². The maximum absolute atomic E-state index is 11.0. The minimum atomic E-state index is -0.165. The van der Waals surface area contributed by atoms with Crippen molar-refractivity contribution in [2.45, 2.75) is 13.8 Å². The number of nitrogens with one attached hydrogen (secondary N) is 1. The first kappa shape index (κ1) is 13.0. The first-order valence-electron chi connectivity index (χ1n) is 5.86. The number of carbonyl (C=O) groups excluding carboxylic acids is 1. The first-order chi connectivity index (χ1) is 9.10. The Hall–Kier alpha value is -2.43. The van der Waals surface area contributed by atoms with Gasteiger partial charge in [0, 0.05) is 24.4 Å². The van der Waals surface area contributed by atoms with E-state index in [1.54, 1.807) is 19.4 Å². The monoisotopic (exact) mass is 257 g/mol. The molecule has 0 unspecified atom stereocenters. The fraction of sp³-hybridized carbons (Fsp3) is 0.214. The Morgan fingerprint density at radius 2 is 2.11 bits per heavy atom. The molecule has 2 heterocycles. The molecule has 19 heavy (non-hydrogen) atoms. The van der Waals surface area contributed by atoms with Crippen molar-refractivity contribution in [3.8, 4) is 17.0 Å². The van der Waals surface area contributed by atoms with E-state index in [4.69, 9.17) is 4.74 Å². The Kier molecular flexibility index (Phi) is 3.75. The summed E-state index contributed by atoms with van der Waals surface area (Å²) >= 11 is 0. The van der Waals surface area contributed by atoms with E-state index in [-0.39, 0.29) is 5.91 Å². The number of aryl methyl sites for hydroxylation is 1. The SMILES string of the molecule is COc1nc(NC(C)=O)ccc1-c1ccnc(C)c1. The van der Waals surface area contributed by atoms with E-state index in [1.165, 1.54) is 6.92 Å². The van der Waals surface area contributed by atoms with Crippen LogP contribution in [0.3, 0.4) is 0 Å². The molecule has 0 atom stereocenters. The molecule has 0 aliphatic heterocycles. The van der Waals surface area contributed by atoms with Crippen LogP contribution in [-0.4, -0.2) is 23.0 Å². The fourth-order valence-corrected chi connectivity index (χ4v) is 1.78. The van der Waals surface area contributed by atoms with Crippen molar-refractivity contribution < 1.29 is 9.53 Å². The standard InChI is InChI=1S/C14H15N3O2/c1-9-8-11(6-7-15-9)12-4-5-13(16-10(2)18)17-14(12)19-3/h4-8H,1-3H3,(H,16,17,18). The minimum Gasteiger partial charge on any atom is -0.480 e. The van der Waals surface area contributed by atoms with Crippen molar-refractivity contribution >= 4 is 11.7 Å². The quantitative estimate of drug-likeness (QED) is 0.917. The van der Waals surface area contributed by atoms with Crippen LogP contribution in [0, 0.1) is 6.92 Å². The smallest absolute Gasteiger partial charge is 0.223 e. The molecule has 0 saturated heterocycles. The van der Waals surface area contributed by atoms with Crippen LogP contribution in [-0.2, 0) is 4.79 Å². The number of aromatic nitrogens is 2. The number of methoxy groups -OCH3 is 1. The van der Waals surface area contributed by atoms with Crippen LogP contribution in [0.1, 0.15) is 12.6 Å². The molecule has 98 valence electrons. The largest absolute Gasteiger partial charge is 0.480 e. The fourth-order valence-electron chi connectivity index (χ4n) is 1.78. The number of amides is 1. The van der Waals surface area contributed by atoms with Gasteiger partial charge in [-0.05, 0) is 36.8 Å². The molecule has 5 heteroatoms. The molecule has 0 aliphatic rings. The summed E-state index contributed by atoms with van der Waals surface area (Å²) in [4.78, 5) is 19.4. The summed E-state index contributed by atoms with van der Waals surface area (Å²) in [6.07, 6.45) is 1.74. The number of carbonyl (C=O) groups is 1. The summed E-state index contributed by atoms with van der Waals surface area (Å²) < 4.78 is 5.28. The van der Waals surface area contributed by atoms with Crippen LogP contribution in [0.4, 0.5) is 5.82 Å². The van der Waals surface area contributed by atoms with Gasteiger partial charge in [0.15, 0.2) is 0 Å². The third kappa shape index (κ3) is 3.07. The molecule has 0 aromatic carbocycles. The molecule has 2 aromatic heterocycles. The number of ether oxygens (including phenoxy) is 1. The predicted molar refractivity (Wildman–Crippen MR) is 73.1 cm³/mol. The summed E-state index contributed by atoms with van der Waals surface area (Å²) in [7, 11) is 1.55. The van der Waals surface area contributed by atoms with Crippen LogP contribution in [0.15, 0.2) is 30.5 Å². The highest BCUT2D eigenvalue weighted by Gasteiger charge is 2.09. The molecule has 0 radical (unpaired) electrons. The summed E-state index contributed by atoms with van der Waals surface area (Å²) in [5.41, 5.74) is 2.76. The molecule has 1 amide bonds. The number of pyridine rings is 2. The van der Waals surface area contributed by atoms with Gasteiger partial charge in [-0.2, -0.15) is 4.98 Å². The van der Waals surface area contributed by atoms with Crippen molar-refractivity contribution in [3.05, 3.63) is 36.2 Å². The average molecular weight is 257 g/mol. The number of rotatable bonds is 3. The van der Waals surface area contributed by atoms with Gasteiger partial charge in [-0.25, -0.2) is 0 Å². The van der Waals surface area contributed by atoms with Gasteiger partial charge in [-0.1, -0.05) is 0 Å². The lowest BCUT2D eigenvalue weighted by atomic mass is 10.1. The molecule has 5 nitrogen and oxygen atoms in total. The van der Waals surface area contributed by atoms with E-state index < -0.39 is 0 Å². The molecule has 1 N–H and O–H groups in total. The summed E-state index contributed by atoms with van der Waals surface area (Å²) in [6, 6.07) is 7.46. The van der Waals surface area contributed by atoms with Crippen LogP contribution in [0.2, 0.25) is 0 Å². The number of hydrogen-bond donors (Lipinski definition) is 1. The molecule has 2 rings (SSSR count). The topological polar surface area (TPSA) is 64.1 Å². The zero-order valence-electron chi connectivity index (χ0n) is 11.1. The second-order valence-corrected chi connectivity index (χ2v) is 4.12. The van der Waals surface area contributed by atoms with E-state index in [1.807, 2.05) is 25.1 Å². The van der Waals surface area contributed by atoms with Crippen molar-refractivity contribution in [2.24, 2.45) is 0 Å². The van der Waals surface area contributed by atoms with Gasteiger partial charge in [0.2, 0.25) is 11.8 Å². The second kappa shape index (κ2) is 5.48. The zero-order valence-corrected chi connectivity index (χ0v) is 11.1. The summed E-state index contributed by atoms with van der Waals surface area (Å²) in [6.45, 7) is 3.36. The highest BCUT2D eigenvalue weighted by atomic mass is 16.5. The predicted octanol–water partition coefficient (Wildman–Crippen LogP) is 2.42. The normalized spacial score (nSPS) is 10.1. The Morgan fingerprint density at radius 1 is 1.32 bits per heavy atom. The van der Waals surface area contributed by atoms with Crippen LogP contribution in [0.5, 0.6) is 5.88 Å². The molecule has 0 aliphatic carbocycles. The Labute approximate surface area is 111 Å². The Bertz CT molecular complexity index is 611. The van der Waals surface area contributed by atoms with Gasteiger partial charge in [0.25, 0.3) is 0 Å². The number of nitrogens with zero attached hydrogens (tertiary/aromatic N) is 2. The van der Waals surface area contributed by atoms with E-state index in [9.17, 15) is 4.79 Å². The zero-order chi connectivity index (χ0) is 13.8. The average Bonchev–Trinajstić information content (AvgIpc) is 2.37. The molecule has 0 bridgehead atoms. The van der Waals surface area contributed by atoms with Crippen molar-refractivity contribution in [3.63, 3.8) is 0 Å². The van der Waals surface area contributed by atoms with Gasteiger partial charge < -0.3 is 10.1 Å². The molecular weight excluding hydrogens is 242 g/mol. The van der Waals surface area contributed by atoms with Gasteiger partial charge >= 0.3 is 0 Å². The molecule has 0 spiro atoms.